The van der Waals surface area contributed by atoms with Crippen molar-refractivity contribution in [2.45, 2.75) is 25.4 Å². The number of carbonyl (C=O) groups excluding carboxylic acids is 1. The predicted molar refractivity (Wildman–Crippen MR) is 82.1 cm³/mol. The van der Waals surface area contributed by atoms with Crippen molar-refractivity contribution in [2.24, 2.45) is 5.73 Å². The van der Waals surface area contributed by atoms with Crippen LogP contribution < -0.4 is 16.2 Å². The average Bonchev–Trinajstić information content (AvgIpc) is 2.47. The molecule has 4 N–H and O–H groups in total. The Kier molecular flexibility index (Phi) is 3.52. The number of carbonyl (C=O) groups is 1. The summed E-state index contributed by atoms with van der Waals surface area (Å²) in [6.45, 7) is 0. The van der Waals surface area contributed by atoms with E-state index in [1.165, 1.54) is 11.1 Å². The third-order valence-corrected chi connectivity index (χ3v) is 3.85. The Morgan fingerprint density at radius 3 is 2.81 bits per heavy atom. The van der Waals surface area contributed by atoms with Gasteiger partial charge in [-0.05, 0) is 42.5 Å². The van der Waals surface area contributed by atoms with E-state index in [9.17, 15) is 4.79 Å². The maximum atomic E-state index is 11.5. The second kappa shape index (κ2) is 5.48. The summed E-state index contributed by atoms with van der Waals surface area (Å²) < 4.78 is 6.07. The Hall–Kier alpha value is -2.49. The van der Waals surface area contributed by atoms with Crippen LogP contribution in [0.3, 0.4) is 0 Å². The highest BCUT2D eigenvalue weighted by Gasteiger charge is 2.23. The zero-order chi connectivity index (χ0) is 14.8. The fraction of sp³-hybridized carbons (Fsp3) is 0.235. The van der Waals surface area contributed by atoms with Crippen LogP contribution >= 0.6 is 0 Å². The van der Waals surface area contributed by atoms with Gasteiger partial charge < -0.3 is 16.2 Å². The molecular formula is C17H18N2O2. The molecule has 0 radical (unpaired) electrons. The summed E-state index contributed by atoms with van der Waals surface area (Å²) in [6, 6.07) is 13.2. The lowest BCUT2D eigenvalue weighted by atomic mass is 9.89. The van der Waals surface area contributed by atoms with Gasteiger partial charge in [-0.2, -0.15) is 0 Å². The van der Waals surface area contributed by atoms with Gasteiger partial charge in [-0.3, -0.25) is 4.79 Å². The fourth-order valence-electron chi connectivity index (χ4n) is 2.83. The van der Waals surface area contributed by atoms with Crippen molar-refractivity contribution in [3.8, 4) is 5.75 Å². The van der Waals surface area contributed by atoms with E-state index in [4.69, 9.17) is 16.2 Å². The number of anilines is 1. The zero-order valence-corrected chi connectivity index (χ0v) is 11.7. The topological polar surface area (TPSA) is 78.3 Å². The van der Waals surface area contributed by atoms with Gasteiger partial charge in [-0.15, -0.1) is 0 Å². The Labute approximate surface area is 123 Å². The summed E-state index contributed by atoms with van der Waals surface area (Å²) >= 11 is 0. The van der Waals surface area contributed by atoms with E-state index in [1.54, 1.807) is 18.2 Å². The molecular weight excluding hydrogens is 264 g/mol. The number of hydrogen-bond acceptors (Lipinski definition) is 3. The van der Waals surface area contributed by atoms with Gasteiger partial charge >= 0.3 is 0 Å². The molecule has 21 heavy (non-hydrogen) atoms. The molecule has 2 aromatic rings. The van der Waals surface area contributed by atoms with Crippen LogP contribution in [0.25, 0.3) is 0 Å². The monoisotopic (exact) mass is 282 g/mol. The van der Waals surface area contributed by atoms with Crippen LogP contribution in [0.2, 0.25) is 0 Å². The molecule has 0 fully saturated rings. The molecule has 3 rings (SSSR count). The average molecular weight is 282 g/mol. The van der Waals surface area contributed by atoms with Crippen LogP contribution in [0, 0.1) is 0 Å². The number of hydrogen-bond donors (Lipinski definition) is 2. The van der Waals surface area contributed by atoms with Crippen molar-refractivity contribution in [2.75, 3.05) is 5.73 Å². The molecule has 2 aromatic carbocycles. The van der Waals surface area contributed by atoms with E-state index in [0.717, 1.165) is 19.3 Å². The number of nitrogens with two attached hydrogens (primary N) is 2. The summed E-state index contributed by atoms with van der Waals surface area (Å²) in [4.78, 5) is 11.5. The highest BCUT2D eigenvalue weighted by Crippen LogP contribution is 2.35. The molecule has 0 spiro atoms. The number of rotatable bonds is 3. The first-order valence-corrected chi connectivity index (χ1v) is 7.09. The number of nitrogen functional groups attached to an aromatic ring is 1. The van der Waals surface area contributed by atoms with Gasteiger partial charge in [0.25, 0.3) is 5.91 Å². The fourth-order valence-corrected chi connectivity index (χ4v) is 2.83. The minimum Gasteiger partial charge on any atom is -0.485 e. The summed E-state index contributed by atoms with van der Waals surface area (Å²) in [6.07, 6.45) is 2.99. The molecule has 0 heterocycles. The van der Waals surface area contributed by atoms with Gasteiger partial charge in [0.05, 0.1) is 5.56 Å². The summed E-state index contributed by atoms with van der Waals surface area (Å²) in [5.41, 5.74) is 14.6. The van der Waals surface area contributed by atoms with Gasteiger partial charge in [0.2, 0.25) is 0 Å². The molecule has 4 heteroatoms. The number of primary amides is 1. The largest absolute Gasteiger partial charge is 0.485 e. The van der Waals surface area contributed by atoms with Crippen LogP contribution in [0.1, 0.15) is 40.4 Å². The van der Waals surface area contributed by atoms with Crippen LogP contribution in [0.15, 0.2) is 42.5 Å². The third kappa shape index (κ3) is 2.70. The number of amides is 1. The summed E-state index contributed by atoms with van der Waals surface area (Å²) in [5.74, 6) is -0.0432. The van der Waals surface area contributed by atoms with Crippen molar-refractivity contribution in [1.29, 1.82) is 0 Å². The van der Waals surface area contributed by atoms with E-state index in [2.05, 4.69) is 12.1 Å². The van der Waals surface area contributed by atoms with Gasteiger partial charge in [0.1, 0.15) is 11.9 Å². The second-order valence-corrected chi connectivity index (χ2v) is 5.32. The first-order chi connectivity index (χ1) is 10.1. The molecule has 1 amide bonds. The van der Waals surface area contributed by atoms with E-state index in [0.29, 0.717) is 17.0 Å². The highest BCUT2D eigenvalue weighted by atomic mass is 16.5. The molecule has 1 aliphatic carbocycles. The van der Waals surface area contributed by atoms with Crippen molar-refractivity contribution >= 4 is 11.6 Å². The number of aryl methyl sites for hydroxylation is 1. The van der Waals surface area contributed by atoms with E-state index < -0.39 is 5.91 Å². The molecule has 0 aromatic heterocycles. The lowest BCUT2D eigenvalue weighted by Gasteiger charge is -2.27. The zero-order valence-electron chi connectivity index (χ0n) is 11.7. The Balaban J connectivity index is 1.95. The highest BCUT2D eigenvalue weighted by molar-refractivity contribution is 5.96. The Morgan fingerprint density at radius 2 is 2.00 bits per heavy atom. The molecule has 0 saturated heterocycles. The smallest absolute Gasteiger partial charge is 0.252 e. The molecule has 1 unspecified atom stereocenters. The van der Waals surface area contributed by atoms with E-state index in [-0.39, 0.29) is 6.10 Å². The minimum atomic E-state index is -0.505. The lowest BCUT2D eigenvalue weighted by Crippen LogP contribution is -2.18. The van der Waals surface area contributed by atoms with Gasteiger partial charge in [0, 0.05) is 11.8 Å². The molecule has 0 bridgehead atoms. The number of fused-ring (bicyclic) bond motifs is 1. The van der Waals surface area contributed by atoms with Crippen molar-refractivity contribution in [3.05, 3.63) is 59.2 Å². The van der Waals surface area contributed by atoms with Crippen LogP contribution in [0.5, 0.6) is 5.75 Å². The van der Waals surface area contributed by atoms with Crippen molar-refractivity contribution in [3.63, 3.8) is 0 Å². The quantitative estimate of drug-likeness (QED) is 0.850. The van der Waals surface area contributed by atoms with Gasteiger partial charge in [0.15, 0.2) is 0 Å². The summed E-state index contributed by atoms with van der Waals surface area (Å²) in [5, 5.41) is 0. The molecule has 1 aliphatic rings. The second-order valence-electron chi connectivity index (χ2n) is 5.32. The first-order valence-electron chi connectivity index (χ1n) is 7.09. The maximum absolute atomic E-state index is 11.5. The van der Waals surface area contributed by atoms with Crippen LogP contribution in [0.4, 0.5) is 5.69 Å². The van der Waals surface area contributed by atoms with E-state index in [1.807, 2.05) is 12.1 Å². The van der Waals surface area contributed by atoms with Crippen molar-refractivity contribution in [1.82, 2.24) is 0 Å². The SMILES string of the molecule is NC(=O)c1ccc(N)cc1OC1CCCc2ccccc21. The summed E-state index contributed by atoms with van der Waals surface area (Å²) in [7, 11) is 0. The van der Waals surface area contributed by atoms with Crippen LogP contribution in [-0.2, 0) is 6.42 Å². The number of benzene rings is 2. The third-order valence-electron chi connectivity index (χ3n) is 3.85. The van der Waals surface area contributed by atoms with Gasteiger partial charge in [-0.25, -0.2) is 0 Å². The molecule has 0 saturated carbocycles. The predicted octanol–water partition coefficient (Wildman–Crippen LogP) is 2.82. The lowest BCUT2D eigenvalue weighted by molar-refractivity contribution is 0.0991. The van der Waals surface area contributed by atoms with E-state index >= 15 is 0 Å². The molecule has 4 nitrogen and oxygen atoms in total. The first kappa shape index (κ1) is 13.5. The molecule has 0 aliphatic heterocycles. The van der Waals surface area contributed by atoms with Crippen molar-refractivity contribution < 1.29 is 9.53 Å². The normalized spacial score (nSPS) is 17.0. The van der Waals surface area contributed by atoms with Crippen LogP contribution in [-0.4, -0.2) is 5.91 Å². The Bertz CT molecular complexity index is 682. The van der Waals surface area contributed by atoms with Gasteiger partial charge in [-0.1, -0.05) is 24.3 Å². The maximum Gasteiger partial charge on any atom is 0.252 e. The number of ether oxygens (including phenoxy) is 1. The molecule has 108 valence electrons. The standard InChI is InChI=1S/C17H18N2O2/c18-12-8-9-14(17(19)20)16(10-12)21-15-7-3-5-11-4-1-2-6-13(11)15/h1-2,4,6,8-10,15H,3,5,7,18H2,(H2,19,20). The Morgan fingerprint density at radius 1 is 1.19 bits per heavy atom. The molecule has 1 atom stereocenters. The minimum absolute atomic E-state index is 0.0603.